The summed E-state index contributed by atoms with van der Waals surface area (Å²) in [6.07, 6.45) is -10.7. The van der Waals surface area contributed by atoms with Crippen LogP contribution < -0.4 is 4.65 Å². The molecule has 1 aromatic carbocycles. The van der Waals surface area contributed by atoms with Gasteiger partial charge in [0.1, 0.15) is 5.75 Å². The van der Waals surface area contributed by atoms with E-state index in [1.165, 1.54) is 18.2 Å². The van der Waals surface area contributed by atoms with Crippen LogP contribution in [0.1, 0.15) is 0 Å². The zero-order valence-electron chi connectivity index (χ0n) is 9.46. The summed E-state index contributed by atoms with van der Waals surface area (Å²) in [5, 5.41) is 0. The van der Waals surface area contributed by atoms with Gasteiger partial charge in [-0.3, -0.25) is 9.31 Å². The van der Waals surface area contributed by atoms with E-state index in [1.807, 2.05) is 0 Å². The van der Waals surface area contributed by atoms with Crippen LogP contribution in [-0.2, 0) is 9.31 Å². The van der Waals surface area contributed by atoms with Crippen molar-refractivity contribution in [2.45, 2.75) is 12.7 Å². The first-order valence-corrected chi connectivity index (χ1v) is 4.36. The predicted molar refractivity (Wildman–Crippen MR) is 52.9 cm³/mol. The second-order valence-electron chi connectivity index (χ2n) is 2.85. The molecule has 0 amide bonds. The van der Waals surface area contributed by atoms with Gasteiger partial charge in [-0.25, -0.2) is 0 Å². The minimum Gasteiger partial charge on any atom is -0.512 e. The van der Waals surface area contributed by atoms with Crippen LogP contribution >= 0.6 is 0 Å². The van der Waals surface area contributed by atoms with Crippen LogP contribution in [0, 0.1) is 0 Å². The zero-order chi connectivity index (χ0) is 13.8. The number of benzene rings is 1. The maximum absolute atomic E-state index is 11.8. The molecule has 11 heteroatoms. The van der Waals surface area contributed by atoms with Gasteiger partial charge in [-0.15, -0.1) is 26.3 Å². The summed E-state index contributed by atoms with van der Waals surface area (Å²) in [6.45, 7) is 0. The minimum absolute atomic E-state index is 0. The first kappa shape index (κ1) is 18.6. The Labute approximate surface area is 126 Å². The first-order chi connectivity index (χ1) is 8.16. The van der Waals surface area contributed by atoms with E-state index in [0.29, 0.717) is 0 Å². The van der Waals surface area contributed by atoms with E-state index in [4.69, 9.17) is 0 Å². The van der Waals surface area contributed by atoms with Gasteiger partial charge in [-0.2, -0.15) is 0 Å². The molecule has 19 heavy (non-hydrogen) atoms. The van der Waals surface area contributed by atoms with Gasteiger partial charge < -0.3 is 4.65 Å². The number of alkyl halides is 6. The molecule has 1 rings (SSSR count). The Morgan fingerprint density at radius 1 is 0.789 bits per heavy atom. The Kier molecular flexibility index (Phi) is 7.23. The zero-order valence-corrected chi connectivity index (χ0v) is 11.5. The van der Waals surface area contributed by atoms with Crippen molar-refractivity contribution in [3.63, 3.8) is 0 Å². The molecule has 0 saturated carbocycles. The van der Waals surface area contributed by atoms with Crippen molar-refractivity contribution >= 4 is 36.9 Å². The van der Waals surface area contributed by atoms with Crippen LogP contribution in [0.15, 0.2) is 30.3 Å². The van der Waals surface area contributed by atoms with Gasteiger partial charge in [0.05, 0.1) is 0 Å². The van der Waals surface area contributed by atoms with Gasteiger partial charge in [0.2, 0.25) is 0 Å². The van der Waals surface area contributed by atoms with E-state index in [9.17, 15) is 26.3 Å². The van der Waals surface area contributed by atoms with Gasteiger partial charge in [0.25, 0.3) is 0 Å². The molecule has 0 N–H and O–H groups in total. The van der Waals surface area contributed by atoms with Crippen molar-refractivity contribution in [3.8, 4) is 5.75 Å². The number of hydrogen-bond acceptors (Lipinski definition) is 3. The van der Waals surface area contributed by atoms with Crippen molar-refractivity contribution in [3.05, 3.63) is 30.3 Å². The van der Waals surface area contributed by atoms with E-state index in [-0.39, 0.29) is 35.3 Å². The van der Waals surface area contributed by atoms with Crippen molar-refractivity contribution in [1.29, 1.82) is 0 Å². The van der Waals surface area contributed by atoms with Crippen molar-refractivity contribution in [2.75, 3.05) is 0 Å². The van der Waals surface area contributed by atoms with Gasteiger partial charge in [0, 0.05) is 29.6 Å². The first-order valence-electron chi connectivity index (χ1n) is 4.36. The Morgan fingerprint density at radius 3 is 1.58 bits per heavy atom. The third-order valence-electron chi connectivity index (χ3n) is 1.44. The molecule has 0 atom stereocenters. The van der Waals surface area contributed by atoms with Gasteiger partial charge >= 0.3 is 20.0 Å². The monoisotopic (exact) mass is 297 g/mol. The summed E-state index contributed by atoms with van der Waals surface area (Å²) in [6, 6.07) is 6.50. The summed E-state index contributed by atoms with van der Waals surface area (Å²) in [5.74, 6) is -0.268. The fourth-order valence-corrected chi connectivity index (χ4v) is 0.901. The van der Waals surface area contributed by atoms with E-state index < -0.39 is 20.0 Å². The molecule has 0 spiro atoms. The molecule has 0 bridgehead atoms. The van der Waals surface area contributed by atoms with Crippen LogP contribution in [0.2, 0.25) is 0 Å². The summed E-state index contributed by atoms with van der Waals surface area (Å²) in [5.41, 5.74) is 0. The summed E-state index contributed by atoms with van der Waals surface area (Å²) >= 11 is 0. The van der Waals surface area contributed by atoms with Crippen molar-refractivity contribution in [2.24, 2.45) is 0 Å². The van der Waals surface area contributed by atoms with Crippen molar-refractivity contribution < 1.29 is 40.3 Å². The molecule has 0 aliphatic heterocycles. The van der Waals surface area contributed by atoms with Crippen LogP contribution in [0.3, 0.4) is 0 Å². The Hall–Kier alpha value is -0.415. The Bertz CT molecular complexity index is 355. The third kappa shape index (κ3) is 9.17. The number of rotatable bonds is 4. The SMILES string of the molecule is FC(F)(F)OB(Oc1ccccc1)OC(F)(F)F.[Na]. The molecule has 0 fully saturated rings. The maximum Gasteiger partial charge on any atom is 0.726 e. The van der Waals surface area contributed by atoms with E-state index >= 15 is 0 Å². The van der Waals surface area contributed by atoms with E-state index in [1.54, 1.807) is 0 Å². The molecule has 0 saturated heterocycles. The average Bonchev–Trinajstić information content (AvgIpc) is 2.13. The quantitative estimate of drug-likeness (QED) is 0.632. The fraction of sp³-hybridized carbons (Fsp3) is 0.250. The largest absolute Gasteiger partial charge is 0.726 e. The number of para-hydroxylation sites is 1. The van der Waals surface area contributed by atoms with Crippen LogP contribution in [0.5, 0.6) is 5.75 Å². The van der Waals surface area contributed by atoms with E-state index in [0.717, 1.165) is 12.1 Å². The van der Waals surface area contributed by atoms with Gasteiger partial charge in [-0.05, 0) is 12.1 Å². The second-order valence-corrected chi connectivity index (χ2v) is 2.85. The Balaban J connectivity index is 0.00000324. The van der Waals surface area contributed by atoms with Crippen LogP contribution in [-0.4, -0.2) is 49.6 Å². The summed E-state index contributed by atoms with van der Waals surface area (Å²) in [7, 11) is -2.97. The molecule has 101 valence electrons. The van der Waals surface area contributed by atoms with Crippen LogP contribution in [0.25, 0.3) is 0 Å². The third-order valence-corrected chi connectivity index (χ3v) is 1.44. The minimum atomic E-state index is -5.33. The molecular formula is C8H5BF6NaO3. The predicted octanol–water partition coefficient (Wildman–Crippen LogP) is 2.74. The molecule has 0 aliphatic carbocycles. The second kappa shape index (κ2) is 7.39. The normalized spacial score (nSPS) is 11.7. The maximum atomic E-state index is 11.8. The summed E-state index contributed by atoms with van der Waals surface area (Å²) in [4.78, 5) is 0. The molecule has 1 radical (unpaired) electrons. The topological polar surface area (TPSA) is 27.7 Å². The van der Waals surface area contributed by atoms with Gasteiger partial charge in [-0.1, -0.05) is 18.2 Å². The van der Waals surface area contributed by atoms with Crippen molar-refractivity contribution in [1.82, 2.24) is 0 Å². The molecule has 0 heterocycles. The van der Waals surface area contributed by atoms with Gasteiger partial charge in [0.15, 0.2) is 0 Å². The molecule has 0 unspecified atom stereocenters. The number of halogens is 6. The van der Waals surface area contributed by atoms with E-state index in [2.05, 4.69) is 14.0 Å². The average molecular weight is 297 g/mol. The fourth-order valence-electron chi connectivity index (χ4n) is 0.901. The van der Waals surface area contributed by atoms with Crippen LogP contribution in [0.4, 0.5) is 26.3 Å². The molecule has 3 nitrogen and oxygen atoms in total. The summed E-state index contributed by atoms with van der Waals surface area (Å²) < 4.78 is 81.4. The number of hydrogen-bond donors (Lipinski definition) is 0. The Morgan fingerprint density at radius 2 is 1.21 bits per heavy atom. The smallest absolute Gasteiger partial charge is 0.512 e. The molecular weight excluding hydrogens is 292 g/mol. The standard InChI is InChI=1S/C8H5BF6O3.Na/c10-7(11,12)17-9(18-8(13,14)15)16-6-4-2-1-3-5-6;/h1-5H;. The molecule has 0 aliphatic rings. The molecule has 0 aromatic heterocycles. The molecule has 1 aromatic rings.